The fraction of sp³-hybridized carbons (Fsp3) is 0.500. The van der Waals surface area contributed by atoms with Gasteiger partial charge in [0.2, 0.25) is 10.0 Å². The topological polar surface area (TPSA) is 105 Å². The zero-order chi connectivity index (χ0) is 24.3. The third-order valence-electron chi connectivity index (χ3n) is 7.07. The quantitative estimate of drug-likeness (QED) is 0.404. The molecule has 0 amide bonds. The molecule has 0 N–H and O–H groups in total. The lowest BCUT2D eigenvalue weighted by molar-refractivity contribution is 0.315. The van der Waals surface area contributed by atoms with Crippen LogP contribution in [0.3, 0.4) is 0 Å². The van der Waals surface area contributed by atoms with Gasteiger partial charge >= 0.3 is 0 Å². The minimum atomic E-state index is -3.72. The van der Waals surface area contributed by atoms with Crippen LogP contribution >= 0.6 is 11.3 Å². The minimum absolute atomic E-state index is 0.136. The molecule has 0 saturated carbocycles. The highest BCUT2D eigenvalue weighted by atomic mass is 32.2. The number of hydrogen-bond donors (Lipinski definition) is 0. The summed E-state index contributed by atoms with van der Waals surface area (Å²) in [5.41, 5.74) is 2.10. The Hall–Kier alpha value is -2.63. The number of aryl methyl sites for hydroxylation is 1. The van der Waals surface area contributed by atoms with Crippen molar-refractivity contribution in [1.82, 2.24) is 24.6 Å². The standard InChI is InChI=1S/C24H28N6O3S2/c1-14(2)22-25-23(20-16-8-7-15(3)13-18(16)34-24(20)26-22)29-9-11-30(12-10-29)35(31,32)19-6-4-5-17-21(19)28-33-27-17/h4-6,14-15H,7-13H2,1-3H3/t15-/m0/s1. The lowest BCUT2D eigenvalue weighted by atomic mass is 9.89. The number of thiophene rings is 1. The number of anilines is 1. The minimum Gasteiger partial charge on any atom is -0.353 e. The molecule has 0 radical (unpaired) electrons. The number of hydrogen-bond acceptors (Lipinski definition) is 9. The van der Waals surface area contributed by atoms with Crippen LogP contribution in [0.25, 0.3) is 21.3 Å². The van der Waals surface area contributed by atoms with Gasteiger partial charge in [0, 0.05) is 37.0 Å². The van der Waals surface area contributed by atoms with Crippen molar-refractivity contribution >= 4 is 48.4 Å². The molecular formula is C24H28N6O3S2. The van der Waals surface area contributed by atoms with E-state index in [0.717, 1.165) is 29.3 Å². The second-order valence-electron chi connectivity index (χ2n) is 9.87. The normalized spacial score (nSPS) is 19.7. The van der Waals surface area contributed by atoms with Crippen LogP contribution in [-0.4, -0.2) is 59.2 Å². The average molecular weight is 513 g/mol. The van der Waals surface area contributed by atoms with Gasteiger partial charge in [0.1, 0.15) is 26.9 Å². The summed E-state index contributed by atoms with van der Waals surface area (Å²) in [6.45, 7) is 8.42. The number of fused-ring (bicyclic) bond motifs is 4. The SMILES string of the molecule is CC(C)c1nc(N2CCN(S(=O)(=O)c3cccc4nonc34)CC2)c2c3c(sc2n1)C[C@@H](C)CC3. The zero-order valence-electron chi connectivity index (χ0n) is 20.1. The summed E-state index contributed by atoms with van der Waals surface area (Å²) in [4.78, 5) is 14.8. The van der Waals surface area contributed by atoms with Crippen LogP contribution in [-0.2, 0) is 22.9 Å². The summed E-state index contributed by atoms with van der Waals surface area (Å²) in [6, 6.07) is 4.93. The Balaban J connectivity index is 1.33. The first-order chi connectivity index (χ1) is 16.8. The first-order valence-electron chi connectivity index (χ1n) is 12.1. The van der Waals surface area contributed by atoms with Gasteiger partial charge in [-0.25, -0.2) is 23.0 Å². The highest BCUT2D eigenvalue weighted by Crippen LogP contribution is 2.42. The summed E-state index contributed by atoms with van der Waals surface area (Å²) in [5.74, 6) is 2.72. The van der Waals surface area contributed by atoms with E-state index in [-0.39, 0.29) is 16.3 Å². The van der Waals surface area contributed by atoms with Gasteiger partial charge in [0.05, 0.1) is 5.39 Å². The Morgan fingerprint density at radius 3 is 2.69 bits per heavy atom. The molecule has 9 nitrogen and oxygen atoms in total. The average Bonchev–Trinajstić information content (AvgIpc) is 3.47. The Labute approximate surface area is 208 Å². The number of sulfonamides is 1. The summed E-state index contributed by atoms with van der Waals surface area (Å²) < 4.78 is 33.2. The Bertz CT molecular complexity index is 1520. The van der Waals surface area contributed by atoms with E-state index in [9.17, 15) is 8.42 Å². The van der Waals surface area contributed by atoms with Crippen LogP contribution in [0, 0.1) is 5.92 Å². The third kappa shape index (κ3) is 3.80. The molecule has 6 rings (SSSR count). The molecule has 4 aromatic rings. The summed E-state index contributed by atoms with van der Waals surface area (Å²) in [6.07, 6.45) is 3.33. The van der Waals surface area contributed by atoms with Crippen molar-refractivity contribution in [1.29, 1.82) is 0 Å². The van der Waals surface area contributed by atoms with Crippen LogP contribution in [0.1, 0.15) is 49.4 Å². The molecule has 1 saturated heterocycles. The molecule has 1 aliphatic carbocycles. The van der Waals surface area contributed by atoms with Gasteiger partial charge in [-0.3, -0.25) is 0 Å². The number of nitrogens with zero attached hydrogens (tertiary/aromatic N) is 6. The van der Waals surface area contributed by atoms with Gasteiger partial charge in [-0.1, -0.05) is 26.8 Å². The van der Waals surface area contributed by atoms with Crippen LogP contribution in [0.5, 0.6) is 0 Å². The Morgan fingerprint density at radius 1 is 1.11 bits per heavy atom. The molecule has 1 atom stereocenters. The summed E-state index contributed by atoms with van der Waals surface area (Å²) in [5, 5.41) is 8.79. The van der Waals surface area contributed by atoms with Gasteiger partial charge in [0.25, 0.3) is 0 Å². The number of aromatic nitrogens is 4. The molecule has 1 aromatic carbocycles. The molecule has 0 spiro atoms. The van der Waals surface area contributed by atoms with Crippen molar-refractivity contribution in [3.63, 3.8) is 0 Å². The van der Waals surface area contributed by atoms with Crippen LogP contribution in [0.4, 0.5) is 5.82 Å². The smallest absolute Gasteiger partial charge is 0.245 e. The van der Waals surface area contributed by atoms with Crippen molar-refractivity contribution in [3.05, 3.63) is 34.5 Å². The highest BCUT2D eigenvalue weighted by molar-refractivity contribution is 7.89. The maximum Gasteiger partial charge on any atom is 0.245 e. The molecule has 0 unspecified atom stereocenters. The summed E-state index contributed by atoms with van der Waals surface area (Å²) >= 11 is 1.81. The van der Waals surface area contributed by atoms with E-state index in [1.807, 2.05) is 11.3 Å². The van der Waals surface area contributed by atoms with Crippen molar-refractivity contribution in [2.75, 3.05) is 31.1 Å². The van der Waals surface area contributed by atoms with E-state index in [1.54, 1.807) is 18.2 Å². The van der Waals surface area contributed by atoms with E-state index >= 15 is 0 Å². The zero-order valence-corrected chi connectivity index (χ0v) is 21.7. The van der Waals surface area contributed by atoms with Gasteiger partial charge in [-0.15, -0.1) is 11.3 Å². The van der Waals surface area contributed by atoms with Crippen molar-refractivity contribution in [2.24, 2.45) is 5.92 Å². The molecular weight excluding hydrogens is 484 g/mol. The molecule has 11 heteroatoms. The fourth-order valence-electron chi connectivity index (χ4n) is 5.10. The number of piperazine rings is 1. The van der Waals surface area contributed by atoms with E-state index in [0.29, 0.717) is 37.6 Å². The maximum atomic E-state index is 13.5. The van der Waals surface area contributed by atoms with Crippen molar-refractivity contribution in [3.8, 4) is 0 Å². The van der Waals surface area contributed by atoms with E-state index in [4.69, 9.17) is 14.6 Å². The fourth-order valence-corrected chi connectivity index (χ4v) is 8.04. The Morgan fingerprint density at radius 2 is 1.91 bits per heavy atom. The molecule has 35 heavy (non-hydrogen) atoms. The second kappa shape index (κ2) is 8.49. The molecule has 0 bridgehead atoms. The van der Waals surface area contributed by atoms with E-state index in [2.05, 4.69) is 36.0 Å². The van der Waals surface area contributed by atoms with Crippen molar-refractivity contribution in [2.45, 2.75) is 50.8 Å². The Kier molecular flexibility index (Phi) is 5.53. The molecule has 2 aliphatic rings. The largest absolute Gasteiger partial charge is 0.353 e. The van der Waals surface area contributed by atoms with Crippen molar-refractivity contribution < 1.29 is 13.0 Å². The van der Waals surface area contributed by atoms with E-state index < -0.39 is 10.0 Å². The van der Waals surface area contributed by atoms with Crippen LogP contribution in [0.15, 0.2) is 27.7 Å². The molecule has 3 aromatic heterocycles. The van der Waals surface area contributed by atoms with Crippen LogP contribution < -0.4 is 4.90 Å². The van der Waals surface area contributed by atoms with E-state index in [1.165, 1.54) is 26.6 Å². The van der Waals surface area contributed by atoms with Gasteiger partial charge in [-0.2, -0.15) is 4.31 Å². The third-order valence-corrected chi connectivity index (χ3v) is 10.2. The number of benzene rings is 1. The predicted octanol–water partition coefficient (Wildman–Crippen LogP) is 3.99. The first kappa shape index (κ1) is 22.8. The van der Waals surface area contributed by atoms with Gasteiger partial charge in [-0.05, 0) is 53.2 Å². The highest BCUT2D eigenvalue weighted by Gasteiger charge is 2.33. The first-order valence-corrected chi connectivity index (χ1v) is 14.4. The van der Waals surface area contributed by atoms with Crippen LogP contribution in [0.2, 0.25) is 0 Å². The maximum absolute atomic E-state index is 13.5. The molecule has 1 fully saturated rings. The molecule has 184 valence electrons. The lowest BCUT2D eigenvalue weighted by Gasteiger charge is -2.35. The molecule has 4 heterocycles. The van der Waals surface area contributed by atoms with Gasteiger partial charge < -0.3 is 4.90 Å². The van der Waals surface area contributed by atoms with Gasteiger partial charge in [0.15, 0.2) is 5.52 Å². The summed E-state index contributed by atoms with van der Waals surface area (Å²) in [7, 11) is -3.72. The second-order valence-corrected chi connectivity index (χ2v) is 12.9. The molecule has 1 aliphatic heterocycles. The lowest BCUT2D eigenvalue weighted by Crippen LogP contribution is -2.49. The predicted molar refractivity (Wildman–Crippen MR) is 135 cm³/mol. The monoisotopic (exact) mass is 512 g/mol. The number of rotatable bonds is 4.